The summed E-state index contributed by atoms with van der Waals surface area (Å²) >= 11 is 0. The molecule has 8 heteroatoms. The zero-order chi connectivity index (χ0) is 23.7. The van der Waals surface area contributed by atoms with Crippen LogP contribution < -0.4 is 0 Å². The molecule has 4 aliphatic rings. The molecule has 0 bridgehead atoms. The minimum atomic E-state index is -1.29. The Morgan fingerprint density at radius 2 is 1.84 bits per heavy atom. The maximum Gasteiger partial charge on any atom is 0.306 e. The molecule has 4 fully saturated rings. The molecule has 9 atom stereocenters. The number of hydrogen-bond acceptors (Lipinski definition) is 6. The number of carbonyl (C=O) groups excluding carboxylic acids is 1. The third kappa shape index (κ3) is 2.90. The molecule has 0 aliphatic heterocycles. The first-order chi connectivity index (χ1) is 14.8. The van der Waals surface area contributed by atoms with E-state index >= 15 is 0 Å². The first kappa shape index (κ1) is 23.2. The highest BCUT2D eigenvalue weighted by atomic mass is 16.4. The molecular weight excluding hydrogens is 414 g/mol. The Balaban J connectivity index is 1.81. The number of ketones is 1. The maximum absolute atomic E-state index is 12.5. The van der Waals surface area contributed by atoms with Crippen LogP contribution in [-0.2, 0) is 14.4 Å². The van der Waals surface area contributed by atoms with Gasteiger partial charge in [-0.1, -0.05) is 13.8 Å². The molecule has 4 aliphatic carbocycles. The minimum absolute atomic E-state index is 0.0181. The molecule has 4 saturated carbocycles. The molecule has 0 aromatic rings. The lowest BCUT2D eigenvalue weighted by Crippen LogP contribution is -2.67. The lowest BCUT2D eigenvalue weighted by atomic mass is 9.37. The summed E-state index contributed by atoms with van der Waals surface area (Å²) in [6, 6.07) is 2.34. The number of fused-ring (bicyclic) bond motifs is 5. The van der Waals surface area contributed by atoms with Crippen molar-refractivity contribution in [3.05, 3.63) is 0 Å². The van der Waals surface area contributed by atoms with Gasteiger partial charge in [0.25, 0.3) is 0 Å². The van der Waals surface area contributed by atoms with Gasteiger partial charge in [0.05, 0.1) is 29.1 Å². The van der Waals surface area contributed by atoms with Crippen molar-refractivity contribution in [3.63, 3.8) is 0 Å². The first-order valence-corrected chi connectivity index (χ1v) is 11.6. The summed E-state index contributed by atoms with van der Waals surface area (Å²) in [5.74, 6) is -4.09. The van der Waals surface area contributed by atoms with E-state index in [1.807, 2.05) is 13.8 Å². The van der Waals surface area contributed by atoms with E-state index in [-0.39, 0.29) is 43.8 Å². The molecule has 4 rings (SSSR count). The van der Waals surface area contributed by atoms with Crippen molar-refractivity contribution < 1.29 is 34.8 Å². The molecular formula is C24H33NO7. The molecule has 0 amide bonds. The van der Waals surface area contributed by atoms with E-state index in [1.54, 1.807) is 0 Å². The largest absolute Gasteiger partial charge is 0.481 e. The molecule has 3 unspecified atom stereocenters. The summed E-state index contributed by atoms with van der Waals surface area (Å²) in [5.41, 5.74) is -3.93. The van der Waals surface area contributed by atoms with Crippen molar-refractivity contribution in [1.82, 2.24) is 0 Å². The third-order valence-corrected chi connectivity index (χ3v) is 10.2. The Kier molecular flexibility index (Phi) is 5.26. The van der Waals surface area contributed by atoms with Gasteiger partial charge in [0.15, 0.2) is 0 Å². The molecule has 4 N–H and O–H groups in total. The van der Waals surface area contributed by atoms with Crippen molar-refractivity contribution in [3.8, 4) is 6.07 Å². The Hall–Kier alpha value is -1.98. The summed E-state index contributed by atoms with van der Waals surface area (Å²) in [4.78, 5) is 36.0. The summed E-state index contributed by atoms with van der Waals surface area (Å²) in [5, 5.41) is 52.6. The van der Waals surface area contributed by atoms with Crippen molar-refractivity contribution in [2.24, 2.45) is 39.9 Å². The molecule has 0 aromatic heterocycles. The molecule has 0 saturated heterocycles. The predicted molar refractivity (Wildman–Crippen MR) is 111 cm³/mol. The van der Waals surface area contributed by atoms with Gasteiger partial charge in [0.1, 0.15) is 5.78 Å². The van der Waals surface area contributed by atoms with Crippen LogP contribution in [0.1, 0.15) is 71.6 Å². The maximum atomic E-state index is 12.5. The fourth-order valence-electron chi connectivity index (χ4n) is 8.51. The average molecular weight is 448 g/mol. The number of carboxylic acid groups (broad SMARTS) is 2. The molecule has 176 valence electrons. The Morgan fingerprint density at radius 1 is 1.16 bits per heavy atom. The van der Waals surface area contributed by atoms with Gasteiger partial charge in [-0.05, 0) is 61.7 Å². The topological polar surface area (TPSA) is 156 Å². The number of carbonyl (C=O) groups is 3. The quantitative estimate of drug-likeness (QED) is 0.512. The fraction of sp³-hybridized carbons (Fsp3) is 0.833. The third-order valence-electron chi connectivity index (χ3n) is 10.2. The SMILES string of the molecule is C[C@]12CC(O)[C@H]3[C@@H](C(C(=O)O)CC4(C#N)CC(=O)CC[C@]34C)[C@@H]1CC[C@]2(O)CCC(=O)O. The van der Waals surface area contributed by atoms with Crippen LogP contribution in [0.25, 0.3) is 0 Å². The second-order valence-electron chi connectivity index (χ2n) is 11.3. The van der Waals surface area contributed by atoms with Crippen molar-refractivity contribution in [2.45, 2.75) is 83.3 Å². The van der Waals surface area contributed by atoms with Crippen LogP contribution in [0.15, 0.2) is 0 Å². The summed E-state index contributed by atoms with van der Waals surface area (Å²) in [6.45, 7) is 3.81. The lowest BCUT2D eigenvalue weighted by molar-refractivity contribution is -0.227. The highest BCUT2D eigenvalue weighted by Gasteiger charge is 2.72. The summed E-state index contributed by atoms with van der Waals surface area (Å²) in [7, 11) is 0. The van der Waals surface area contributed by atoms with E-state index in [4.69, 9.17) is 5.11 Å². The molecule has 0 heterocycles. The van der Waals surface area contributed by atoms with Gasteiger partial charge in [-0.15, -0.1) is 0 Å². The van der Waals surface area contributed by atoms with Crippen LogP contribution in [0, 0.1) is 51.2 Å². The van der Waals surface area contributed by atoms with Gasteiger partial charge in [-0.2, -0.15) is 5.26 Å². The number of carboxylic acids is 2. The minimum Gasteiger partial charge on any atom is -0.481 e. The van der Waals surface area contributed by atoms with Gasteiger partial charge in [-0.3, -0.25) is 14.4 Å². The van der Waals surface area contributed by atoms with Crippen LogP contribution in [0.5, 0.6) is 0 Å². The fourth-order valence-corrected chi connectivity index (χ4v) is 8.51. The van der Waals surface area contributed by atoms with E-state index in [0.717, 1.165) is 0 Å². The highest BCUT2D eigenvalue weighted by Crippen LogP contribution is 2.72. The zero-order valence-corrected chi connectivity index (χ0v) is 18.7. The normalized spacial score (nSPS) is 50.0. The van der Waals surface area contributed by atoms with Crippen molar-refractivity contribution in [1.29, 1.82) is 5.26 Å². The Labute approximate surface area is 187 Å². The second-order valence-corrected chi connectivity index (χ2v) is 11.3. The zero-order valence-electron chi connectivity index (χ0n) is 18.7. The van der Waals surface area contributed by atoms with Crippen LogP contribution in [0.2, 0.25) is 0 Å². The van der Waals surface area contributed by atoms with Crippen LogP contribution in [0.4, 0.5) is 0 Å². The van der Waals surface area contributed by atoms with E-state index in [0.29, 0.717) is 25.7 Å². The molecule has 0 spiro atoms. The number of Topliss-reactive ketones (excluding diaryl/α,β-unsaturated/α-hetero) is 1. The van der Waals surface area contributed by atoms with Crippen LogP contribution in [-0.4, -0.2) is 49.9 Å². The van der Waals surface area contributed by atoms with E-state index in [9.17, 15) is 35.0 Å². The standard InChI is InChI=1S/C24H33NO7/c1-21-6-3-13(26)9-23(21,12-25)10-14(20(30)31)18-15-4-7-24(32,8-5-17(28)29)22(15,2)11-16(27)19(18)21/h14-16,18-19,27,32H,3-11H2,1-2H3,(H,28,29)(H,30,31)/t14?,15-,16?,18-,19-,21+,22-,23?,24-/m0/s1. The first-order valence-electron chi connectivity index (χ1n) is 11.6. The molecule has 32 heavy (non-hydrogen) atoms. The summed E-state index contributed by atoms with van der Waals surface area (Å²) in [6.07, 6.45) is 0.916. The van der Waals surface area contributed by atoms with Gasteiger partial charge in [0, 0.05) is 24.7 Å². The van der Waals surface area contributed by atoms with E-state index in [1.165, 1.54) is 0 Å². The monoisotopic (exact) mass is 447 g/mol. The predicted octanol–water partition coefficient (Wildman–Crippen LogP) is 2.37. The van der Waals surface area contributed by atoms with E-state index in [2.05, 4.69) is 6.07 Å². The lowest BCUT2D eigenvalue weighted by Gasteiger charge is -2.66. The molecule has 8 nitrogen and oxygen atoms in total. The van der Waals surface area contributed by atoms with Gasteiger partial charge < -0.3 is 20.4 Å². The van der Waals surface area contributed by atoms with Gasteiger partial charge in [-0.25, -0.2) is 0 Å². The average Bonchev–Trinajstić information content (AvgIpc) is 2.97. The second kappa shape index (κ2) is 7.26. The van der Waals surface area contributed by atoms with Crippen molar-refractivity contribution >= 4 is 17.7 Å². The van der Waals surface area contributed by atoms with Gasteiger partial charge >= 0.3 is 11.9 Å². The smallest absolute Gasteiger partial charge is 0.306 e. The van der Waals surface area contributed by atoms with Crippen LogP contribution in [0.3, 0.4) is 0 Å². The Bertz CT molecular complexity index is 897. The highest BCUT2D eigenvalue weighted by molar-refractivity contribution is 5.81. The van der Waals surface area contributed by atoms with Crippen LogP contribution >= 0.6 is 0 Å². The number of hydrogen-bond donors (Lipinski definition) is 4. The number of aliphatic hydroxyl groups is 2. The number of rotatable bonds is 4. The van der Waals surface area contributed by atoms with E-state index < -0.39 is 57.6 Å². The van der Waals surface area contributed by atoms with Gasteiger partial charge in [0.2, 0.25) is 0 Å². The van der Waals surface area contributed by atoms with Crippen molar-refractivity contribution in [2.75, 3.05) is 0 Å². The number of nitrogens with zero attached hydrogens (tertiary/aromatic N) is 1. The molecule has 0 radical (unpaired) electrons. The number of aliphatic carboxylic acids is 2. The Morgan fingerprint density at radius 3 is 2.44 bits per heavy atom. The number of aliphatic hydroxyl groups excluding tert-OH is 1. The number of nitriles is 1. The summed E-state index contributed by atoms with van der Waals surface area (Å²) < 4.78 is 0. The molecule has 0 aromatic carbocycles.